The van der Waals surface area contributed by atoms with Crippen LogP contribution in [0.5, 0.6) is 0 Å². The Morgan fingerprint density at radius 3 is 2.52 bits per heavy atom. The quantitative estimate of drug-likeness (QED) is 0.560. The Kier molecular flexibility index (Phi) is 6.17. The molecule has 0 saturated carbocycles. The van der Waals surface area contributed by atoms with Crippen LogP contribution in [0, 0.1) is 6.92 Å². The molecule has 4 heteroatoms. The number of amides is 1. The van der Waals surface area contributed by atoms with Crippen molar-refractivity contribution in [3.8, 4) is 0 Å². The number of allylic oxidation sites excluding steroid dienone is 1. The fraction of sp³-hybridized carbons (Fsp3) is 0.259. The maximum absolute atomic E-state index is 12.6. The Labute approximate surface area is 182 Å². The van der Waals surface area contributed by atoms with Crippen LogP contribution in [0.1, 0.15) is 48.3 Å². The van der Waals surface area contributed by atoms with Crippen molar-refractivity contribution >= 4 is 22.6 Å². The van der Waals surface area contributed by atoms with Gasteiger partial charge in [-0.25, -0.2) is 4.79 Å². The number of aryl methyl sites for hydroxylation is 2. The number of hydrogen-bond donors (Lipinski definition) is 2. The standard InChI is InChI=1S/C27H27NO3/c1-18-6-2-5-9-23(18)22-13-14-25(24(17-22)27(30)31)28-26(29)15-11-19-10-12-20-7-3-4-8-21(20)16-19/h2-10,12,16,22H,11,13-15,17H2,1H3,(H,28,29)(H,30,31). The Bertz CT molecular complexity index is 1160. The molecule has 0 heterocycles. The molecule has 2 N–H and O–H groups in total. The Balaban J connectivity index is 1.42. The fourth-order valence-corrected chi connectivity index (χ4v) is 4.49. The lowest BCUT2D eigenvalue weighted by molar-refractivity contribution is -0.133. The molecule has 3 aromatic rings. The number of carbonyl (C=O) groups excluding carboxylic acids is 1. The van der Waals surface area contributed by atoms with E-state index in [1.807, 2.05) is 30.3 Å². The lowest BCUT2D eigenvalue weighted by Crippen LogP contribution is -2.29. The molecule has 1 aliphatic carbocycles. The molecule has 4 rings (SSSR count). The molecule has 31 heavy (non-hydrogen) atoms. The van der Waals surface area contributed by atoms with Gasteiger partial charge in [-0.2, -0.15) is 0 Å². The van der Waals surface area contributed by atoms with Gasteiger partial charge in [0.2, 0.25) is 5.91 Å². The van der Waals surface area contributed by atoms with Gasteiger partial charge in [0.25, 0.3) is 0 Å². The molecule has 0 saturated heterocycles. The van der Waals surface area contributed by atoms with Crippen LogP contribution in [0.2, 0.25) is 0 Å². The third-order valence-corrected chi connectivity index (χ3v) is 6.19. The molecular weight excluding hydrogens is 386 g/mol. The van der Waals surface area contributed by atoms with Gasteiger partial charge in [0, 0.05) is 12.1 Å². The molecule has 1 atom stereocenters. The maximum atomic E-state index is 12.6. The Morgan fingerprint density at radius 2 is 1.74 bits per heavy atom. The van der Waals surface area contributed by atoms with Gasteiger partial charge in [-0.3, -0.25) is 4.79 Å². The van der Waals surface area contributed by atoms with E-state index in [9.17, 15) is 14.7 Å². The van der Waals surface area contributed by atoms with Crippen LogP contribution in [0.4, 0.5) is 0 Å². The Hall–Kier alpha value is -3.40. The van der Waals surface area contributed by atoms with Crippen LogP contribution in [0.25, 0.3) is 10.8 Å². The van der Waals surface area contributed by atoms with Crippen LogP contribution in [-0.4, -0.2) is 17.0 Å². The minimum Gasteiger partial charge on any atom is -0.478 e. The molecule has 158 valence electrons. The highest BCUT2D eigenvalue weighted by atomic mass is 16.4. The van der Waals surface area contributed by atoms with Crippen LogP contribution in [0.3, 0.4) is 0 Å². The van der Waals surface area contributed by atoms with Gasteiger partial charge in [0.1, 0.15) is 0 Å². The van der Waals surface area contributed by atoms with Crippen molar-refractivity contribution in [2.45, 2.75) is 44.9 Å². The molecule has 1 aliphatic rings. The second-order valence-corrected chi connectivity index (χ2v) is 8.29. The van der Waals surface area contributed by atoms with E-state index in [0.29, 0.717) is 37.0 Å². The molecular formula is C27H27NO3. The predicted molar refractivity (Wildman–Crippen MR) is 123 cm³/mol. The highest BCUT2D eigenvalue weighted by Gasteiger charge is 2.27. The minimum absolute atomic E-state index is 0.128. The summed E-state index contributed by atoms with van der Waals surface area (Å²) in [5.74, 6) is -0.898. The molecule has 4 nitrogen and oxygen atoms in total. The van der Waals surface area contributed by atoms with Crippen LogP contribution in [0.15, 0.2) is 78.0 Å². The lowest BCUT2D eigenvalue weighted by atomic mass is 9.80. The van der Waals surface area contributed by atoms with Crippen molar-refractivity contribution < 1.29 is 14.7 Å². The number of rotatable bonds is 6. The summed E-state index contributed by atoms with van der Waals surface area (Å²) in [6.45, 7) is 2.06. The molecule has 0 spiro atoms. The minimum atomic E-state index is -0.942. The van der Waals surface area contributed by atoms with Crippen molar-refractivity contribution in [2.75, 3.05) is 0 Å². The SMILES string of the molecule is Cc1ccccc1C1CCC(NC(=O)CCc2ccc3ccccc3c2)=C(C(=O)O)C1. The first-order chi connectivity index (χ1) is 15.0. The molecule has 0 radical (unpaired) electrons. The zero-order valence-electron chi connectivity index (χ0n) is 17.7. The molecule has 0 aliphatic heterocycles. The largest absolute Gasteiger partial charge is 0.478 e. The number of nitrogens with one attached hydrogen (secondary N) is 1. The maximum Gasteiger partial charge on any atom is 0.333 e. The summed E-state index contributed by atoms with van der Waals surface area (Å²) in [5, 5.41) is 15.0. The van der Waals surface area contributed by atoms with Gasteiger partial charge in [0.05, 0.1) is 5.57 Å². The summed E-state index contributed by atoms with van der Waals surface area (Å²) in [6.07, 6.45) is 2.80. The van der Waals surface area contributed by atoms with Crippen LogP contribution >= 0.6 is 0 Å². The van der Waals surface area contributed by atoms with Crippen LogP contribution < -0.4 is 5.32 Å². The van der Waals surface area contributed by atoms with Gasteiger partial charge in [-0.15, -0.1) is 0 Å². The number of carboxylic acid groups (broad SMARTS) is 1. The van der Waals surface area contributed by atoms with Crippen molar-refractivity contribution in [3.63, 3.8) is 0 Å². The van der Waals surface area contributed by atoms with E-state index in [0.717, 1.165) is 17.4 Å². The van der Waals surface area contributed by atoms with Gasteiger partial charge in [0.15, 0.2) is 0 Å². The number of hydrogen-bond acceptors (Lipinski definition) is 2. The first-order valence-electron chi connectivity index (χ1n) is 10.8. The number of fused-ring (bicyclic) bond motifs is 1. The van der Waals surface area contributed by atoms with E-state index in [-0.39, 0.29) is 11.8 Å². The van der Waals surface area contributed by atoms with E-state index < -0.39 is 5.97 Å². The lowest BCUT2D eigenvalue weighted by Gasteiger charge is -2.27. The van der Waals surface area contributed by atoms with Crippen molar-refractivity contribution in [1.29, 1.82) is 0 Å². The van der Waals surface area contributed by atoms with Crippen molar-refractivity contribution in [2.24, 2.45) is 0 Å². The molecule has 1 unspecified atom stereocenters. The van der Waals surface area contributed by atoms with E-state index in [1.165, 1.54) is 16.5 Å². The molecule has 1 amide bonds. The van der Waals surface area contributed by atoms with Crippen LogP contribution in [-0.2, 0) is 16.0 Å². The summed E-state index contributed by atoms with van der Waals surface area (Å²) in [5.41, 5.74) is 4.38. The summed E-state index contributed by atoms with van der Waals surface area (Å²) in [4.78, 5) is 24.5. The summed E-state index contributed by atoms with van der Waals surface area (Å²) < 4.78 is 0. The Morgan fingerprint density at radius 1 is 1.00 bits per heavy atom. The summed E-state index contributed by atoms with van der Waals surface area (Å²) in [7, 11) is 0. The first kappa shape index (κ1) is 20.9. The zero-order valence-corrected chi connectivity index (χ0v) is 17.7. The van der Waals surface area contributed by atoms with E-state index in [1.54, 1.807) is 0 Å². The molecule has 0 aromatic heterocycles. The topological polar surface area (TPSA) is 66.4 Å². The average Bonchev–Trinajstić information content (AvgIpc) is 2.78. The fourth-order valence-electron chi connectivity index (χ4n) is 4.49. The average molecular weight is 414 g/mol. The number of benzene rings is 3. The van der Waals surface area contributed by atoms with E-state index in [4.69, 9.17) is 0 Å². The summed E-state index contributed by atoms with van der Waals surface area (Å²) in [6, 6.07) is 22.5. The molecule has 0 bridgehead atoms. The number of carboxylic acids is 1. The van der Waals surface area contributed by atoms with Gasteiger partial charge in [-0.1, -0.05) is 66.7 Å². The van der Waals surface area contributed by atoms with E-state index in [2.05, 4.69) is 48.6 Å². The van der Waals surface area contributed by atoms with Gasteiger partial charge >= 0.3 is 5.97 Å². The normalized spacial score (nSPS) is 16.4. The molecule has 0 fully saturated rings. The van der Waals surface area contributed by atoms with Gasteiger partial charge < -0.3 is 10.4 Å². The second kappa shape index (κ2) is 9.17. The highest BCUT2D eigenvalue weighted by Crippen LogP contribution is 2.37. The van der Waals surface area contributed by atoms with Crippen molar-refractivity contribution in [3.05, 3.63) is 94.7 Å². The third kappa shape index (κ3) is 4.85. The number of aliphatic carboxylic acids is 1. The number of carbonyl (C=O) groups is 2. The highest BCUT2D eigenvalue weighted by molar-refractivity contribution is 5.90. The monoisotopic (exact) mass is 413 g/mol. The second-order valence-electron chi connectivity index (χ2n) is 8.29. The third-order valence-electron chi connectivity index (χ3n) is 6.19. The zero-order chi connectivity index (χ0) is 21.8. The van der Waals surface area contributed by atoms with Crippen molar-refractivity contribution in [1.82, 2.24) is 5.32 Å². The summed E-state index contributed by atoms with van der Waals surface area (Å²) >= 11 is 0. The first-order valence-corrected chi connectivity index (χ1v) is 10.8. The molecule has 3 aromatic carbocycles. The van der Waals surface area contributed by atoms with Gasteiger partial charge in [-0.05, 0) is 66.0 Å². The smallest absolute Gasteiger partial charge is 0.333 e. The van der Waals surface area contributed by atoms with E-state index >= 15 is 0 Å². The predicted octanol–water partition coefficient (Wildman–Crippen LogP) is 5.50.